The van der Waals surface area contributed by atoms with E-state index in [9.17, 15) is 13.2 Å². The summed E-state index contributed by atoms with van der Waals surface area (Å²) in [6.07, 6.45) is 3.94. The molecule has 8 heteroatoms. The lowest BCUT2D eigenvalue weighted by molar-refractivity contribution is -0.116. The van der Waals surface area contributed by atoms with Gasteiger partial charge in [-0.15, -0.1) is 0 Å². The zero-order chi connectivity index (χ0) is 21.0. The number of rotatable bonds is 7. The van der Waals surface area contributed by atoms with E-state index in [0.29, 0.717) is 38.4 Å². The number of para-hydroxylation sites is 1. The highest BCUT2D eigenvalue weighted by Crippen LogP contribution is 2.21. The van der Waals surface area contributed by atoms with Gasteiger partial charge in [-0.25, -0.2) is 8.42 Å². The van der Waals surface area contributed by atoms with E-state index in [1.165, 1.54) is 27.4 Å². The molecule has 0 saturated carbocycles. The van der Waals surface area contributed by atoms with Gasteiger partial charge in [-0.1, -0.05) is 18.2 Å². The van der Waals surface area contributed by atoms with Gasteiger partial charge in [0, 0.05) is 42.3 Å². The van der Waals surface area contributed by atoms with Crippen LogP contribution in [-0.2, 0) is 26.0 Å². The van der Waals surface area contributed by atoms with Crippen LogP contribution in [0.1, 0.15) is 18.4 Å². The molecule has 1 fully saturated rings. The van der Waals surface area contributed by atoms with Gasteiger partial charge in [0.05, 0.1) is 18.1 Å². The number of aromatic nitrogens is 1. The van der Waals surface area contributed by atoms with E-state index >= 15 is 0 Å². The summed E-state index contributed by atoms with van der Waals surface area (Å²) in [5.74, 6) is -0.0846. The van der Waals surface area contributed by atoms with Gasteiger partial charge < -0.3 is 15.0 Å². The maximum Gasteiger partial charge on any atom is 0.243 e. The van der Waals surface area contributed by atoms with Crippen LogP contribution in [-0.4, -0.2) is 49.9 Å². The monoisotopic (exact) mass is 427 g/mol. The summed E-state index contributed by atoms with van der Waals surface area (Å²) in [4.78, 5) is 15.7. The molecule has 0 bridgehead atoms. The van der Waals surface area contributed by atoms with Gasteiger partial charge >= 0.3 is 0 Å². The van der Waals surface area contributed by atoms with Crippen LogP contribution >= 0.6 is 0 Å². The van der Waals surface area contributed by atoms with E-state index in [-0.39, 0.29) is 10.8 Å². The number of H-pyrrole nitrogens is 1. The van der Waals surface area contributed by atoms with Crippen molar-refractivity contribution in [2.75, 3.05) is 31.6 Å². The van der Waals surface area contributed by atoms with Crippen molar-refractivity contribution in [1.82, 2.24) is 9.29 Å². The van der Waals surface area contributed by atoms with Gasteiger partial charge in [0.1, 0.15) is 0 Å². The van der Waals surface area contributed by atoms with Gasteiger partial charge in [0.2, 0.25) is 15.9 Å². The number of nitrogens with one attached hydrogen (secondary N) is 2. The topological polar surface area (TPSA) is 91.5 Å². The summed E-state index contributed by atoms with van der Waals surface area (Å²) in [6.45, 7) is 1.53. The Labute approximate surface area is 176 Å². The average molecular weight is 428 g/mol. The molecule has 1 aliphatic heterocycles. The number of amides is 1. The lowest BCUT2D eigenvalue weighted by atomic mass is 10.1. The second-order valence-corrected chi connectivity index (χ2v) is 9.24. The number of hydrogen-bond acceptors (Lipinski definition) is 4. The Bertz CT molecular complexity index is 1120. The highest BCUT2D eigenvalue weighted by atomic mass is 32.2. The van der Waals surface area contributed by atoms with Crippen LogP contribution < -0.4 is 5.32 Å². The molecular formula is C22H25N3O4S. The number of aryl methyl sites for hydroxylation is 1. The van der Waals surface area contributed by atoms with E-state index in [1.807, 2.05) is 24.4 Å². The molecule has 0 aliphatic carbocycles. The number of fused-ring (bicyclic) bond motifs is 1. The van der Waals surface area contributed by atoms with Crippen LogP contribution in [0.2, 0.25) is 0 Å². The molecular weight excluding hydrogens is 402 g/mol. The van der Waals surface area contributed by atoms with Crippen molar-refractivity contribution in [2.45, 2.75) is 24.2 Å². The van der Waals surface area contributed by atoms with Crippen LogP contribution in [0.3, 0.4) is 0 Å². The molecule has 0 unspecified atom stereocenters. The second kappa shape index (κ2) is 8.99. The molecule has 158 valence electrons. The minimum absolute atomic E-state index is 0.0846. The molecule has 1 aliphatic rings. The van der Waals surface area contributed by atoms with Gasteiger partial charge in [0.15, 0.2) is 0 Å². The number of carbonyl (C=O) groups is 1. The molecule has 2 aromatic carbocycles. The quantitative estimate of drug-likeness (QED) is 0.606. The van der Waals surface area contributed by atoms with Gasteiger partial charge in [-0.05, 0) is 48.7 Å². The van der Waals surface area contributed by atoms with Crippen LogP contribution in [0.5, 0.6) is 0 Å². The summed E-state index contributed by atoms with van der Waals surface area (Å²) in [5, 5.41) is 4.03. The first-order chi connectivity index (χ1) is 14.5. The van der Waals surface area contributed by atoms with Crippen molar-refractivity contribution >= 4 is 32.5 Å². The number of benzene rings is 2. The summed E-state index contributed by atoms with van der Waals surface area (Å²) in [6, 6.07) is 14.4. The molecule has 0 spiro atoms. The summed E-state index contributed by atoms with van der Waals surface area (Å²) < 4.78 is 31.9. The van der Waals surface area contributed by atoms with Gasteiger partial charge in [0.25, 0.3) is 0 Å². The molecule has 0 atom stereocenters. The number of morpholine rings is 1. The van der Waals surface area contributed by atoms with Crippen LogP contribution in [0.25, 0.3) is 10.9 Å². The third-order valence-electron chi connectivity index (χ3n) is 5.27. The van der Waals surface area contributed by atoms with Crippen molar-refractivity contribution in [3.05, 3.63) is 60.3 Å². The van der Waals surface area contributed by atoms with Crippen molar-refractivity contribution in [3.63, 3.8) is 0 Å². The summed E-state index contributed by atoms with van der Waals surface area (Å²) in [7, 11) is -3.53. The lowest BCUT2D eigenvalue weighted by Crippen LogP contribution is -2.40. The van der Waals surface area contributed by atoms with Crippen molar-refractivity contribution in [1.29, 1.82) is 0 Å². The molecule has 0 radical (unpaired) electrons. The van der Waals surface area contributed by atoms with Crippen LogP contribution in [0.15, 0.2) is 59.6 Å². The third-order valence-corrected chi connectivity index (χ3v) is 7.18. The number of aromatic amines is 1. The van der Waals surface area contributed by atoms with Crippen LogP contribution in [0, 0.1) is 0 Å². The third kappa shape index (κ3) is 4.56. The van der Waals surface area contributed by atoms with E-state index in [4.69, 9.17) is 4.74 Å². The Hall–Kier alpha value is -2.68. The number of carbonyl (C=O) groups excluding carboxylic acids is 1. The summed E-state index contributed by atoms with van der Waals surface area (Å²) in [5.41, 5.74) is 2.90. The smallest absolute Gasteiger partial charge is 0.243 e. The number of sulfonamides is 1. The highest BCUT2D eigenvalue weighted by molar-refractivity contribution is 7.89. The number of ether oxygens (including phenoxy) is 1. The SMILES string of the molecule is O=C(CCCc1c[nH]c2ccccc12)Nc1ccc(S(=O)(=O)N2CCOCC2)cc1. The van der Waals surface area contributed by atoms with E-state index in [2.05, 4.69) is 16.4 Å². The van der Waals surface area contributed by atoms with Gasteiger partial charge in [-0.2, -0.15) is 4.31 Å². The molecule has 1 saturated heterocycles. The van der Waals surface area contributed by atoms with E-state index in [0.717, 1.165) is 18.4 Å². The maximum atomic E-state index is 12.6. The fourth-order valence-electron chi connectivity index (χ4n) is 3.65. The largest absolute Gasteiger partial charge is 0.379 e. The average Bonchev–Trinajstić information content (AvgIpc) is 3.18. The van der Waals surface area contributed by atoms with Crippen molar-refractivity contribution in [3.8, 4) is 0 Å². The molecule has 3 aromatic rings. The first kappa shape index (κ1) is 20.6. The summed E-state index contributed by atoms with van der Waals surface area (Å²) >= 11 is 0. The number of hydrogen-bond donors (Lipinski definition) is 2. The predicted octanol–water partition coefficient (Wildman–Crippen LogP) is 3.15. The fourth-order valence-corrected chi connectivity index (χ4v) is 5.06. The Morgan fingerprint density at radius 2 is 1.80 bits per heavy atom. The van der Waals surface area contributed by atoms with Gasteiger partial charge in [-0.3, -0.25) is 4.79 Å². The predicted molar refractivity (Wildman–Crippen MR) is 116 cm³/mol. The Balaban J connectivity index is 1.30. The molecule has 4 rings (SSSR count). The minimum Gasteiger partial charge on any atom is -0.379 e. The highest BCUT2D eigenvalue weighted by Gasteiger charge is 2.26. The molecule has 1 aromatic heterocycles. The zero-order valence-electron chi connectivity index (χ0n) is 16.6. The normalized spacial score (nSPS) is 15.3. The molecule has 30 heavy (non-hydrogen) atoms. The number of nitrogens with zero attached hydrogens (tertiary/aromatic N) is 1. The van der Waals surface area contributed by atoms with Crippen molar-refractivity contribution < 1.29 is 17.9 Å². The van der Waals surface area contributed by atoms with Crippen molar-refractivity contribution in [2.24, 2.45) is 0 Å². The Kier molecular flexibility index (Phi) is 6.17. The molecule has 2 N–H and O–H groups in total. The molecule has 1 amide bonds. The van der Waals surface area contributed by atoms with Crippen LogP contribution in [0.4, 0.5) is 5.69 Å². The molecule has 7 nitrogen and oxygen atoms in total. The Morgan fingerprint density at radius 3 is 2.57 bits per heavy atom. The zero-order valence-corrected chi connectivity index (χ0v) is 17.5. The molecule has 2 heterocycles. The maximum absolute atomic E-state index is 12.6. The van der Waals surface area contributed by atoms with E-state index in [1.54, 1.807) is 12.1 Å². The minimum atomic E-state index is -3.53. The first-order valence-corrected chi connectivity index (χ1v) is 11.5. The number of anilines is 1. The fraction of sp³-hybridized carbons (Fsp3) is 0.318. The first-order valence-electron chi connectivity index (χ1n) is 10.1. The van der Waals surface area contributed by atoms with E-state index < -0.39 is 10.0 Å². The lowest BCUT2D eigenvalue weighted by Gasteiger charge is -2.26. The second-order valence-electron chi connectivity index (χ2n) is 7.30. The standard InChI is InChI=1S/C22H25N3O4S/c26-22(7-3-4-17-16-23-21-6-2-1-5-20(17)21)24-18-8-10-19(11-9-18)30(27,28)25-12-14-29-15-13-25/h1-2,5-6,8-11,16,23H,3-4,7,12-15H2,(H,24,26). The Morgan fingerprint density at radius 1 is 1.07 bits per heavy atom.